The van der Waals surface area contributed by atoms with Crippen molar-refractivity contribution in [2.45, 2.75) is 43.7 Å². The maximum atomic E-state index is 14.4. The highest BCUT2D eigenvalue weighted by Gasteiger charge is 2.27. The summed E-state index contributed by atoms with van der Waals surface area (Å²) in [6.45, 7) is -0.790. The number of ether oxygens (including phenoxy) is 1. The van der Waals surface area contributed by atoms with E-state index in [4.69, 9.17) is 16.3 Å². The van der Waals surface area contributed by atoms with Crippen LogP contribution in [0.2, 0.25) is 5.02 Å². The van der Waals surface area contributed by atoms with Crippen molar-refractivity contribution in [3.05, 3.63) is 65.0 Å². The summed E-state index contributed by atoms with van der Waals surface area (Å²) in [5, 5.41) is 14.9. The Morgan fingerprint density at radius 1 is 1.24 bits per heavy atom. The zero-order valence-corrected chi connectivity index (χ0v) is 19.4. The maximum absolute atomic E-state index is 14.4. The van der Waals surface area contributed by atoms with Gasteiger partial charge in [0.1, 0.15) is 23.9 Å². The van der Waals surface area contributed by atoms with E-state index in [0.29, 0.717) is 17.0 Å². The second kappa shape index (κ2) is 9.35. The normalized spacial score (nSPS) is 19.4. The Morgan fingerprint density at radius 3 is 2.76 bits per heavy atom. The Hall–Kier alpha value is -2.97. The molecular weight excluding hydrogens is 462 g/mol. The summed E-state index contributed by atoms with van der Waals surface area (Å²) in [5.41, 5.74) is 3.21. The monoisotopic (exact) mass is 486 g/mol. The number of alkyl halides is 1. The van der Waals surface area contributed by atoms with Crippen LogP contribution in [0.15, 0.2) is 43.0 Å². The molecule has 1 fully saturated rings. The lowest BCUT2D eigenvalue weighted by molar-refractivity contribution is 0.108. The van der Waals surface area contributed by atoms with Gasteiger partial charge in [0, 0.05) is 46.6 Å². The summed E-state index contributed by atoms with van der Waals surface area (Å²) in [6, 6.07) is 4.86. The van der Waals surface area contributed by atoms with Gasteiger partial charge in [-0.2, -0.15) is 5.10 Å². The number of aliphatic hydroxyl groups excluding tert-OH is 1. The number of fused-ring (bicyclic) bond motifs is 1. The largest absolute Gasteiger partial charge is 0.496 e. The smallest absolute Gasteiger partial charge is 0.142 e. The number of rotatable bonds is 6. The molecule has 1 aliphatic rings. The Labute approximate surface area is 200 Å². The minimum Gasteiger partial charge on any atom is -0.496 e. The summed E-state index contributed by atoms with van der Waals surface area (Å²) < 4.78 is 36.0. The average molecular weight is 487 g/mol. The zero-order chi connectivity index (χ0) is 23.8. The molecule has 0 bridgehead atoms. The highest BCUT2D eigenvalue weighted by molar-refractivity contribution is 6.31. The number of pyridine rings is 1. The van der Waals surface area contributed by atoms with Gasteiger partial charge in [0.05, 0.1) is 30.5 Å². The Bertz CT molecular complexity index is 1310. The van der Waals surface area contributed by atoms with Gasteiger partial charge in [-0.1, -0.05) is 11.6 Å². The fourth-order valence-corrected chi connectivity index (χ4v) is 5.13. The standard InChI is InChI=1S/C25H25ClF2N4O2/c1-34-22-7-6-21(28)24(26)23(22)19(9-27)20-12-30-25-18(20)8-14(10-29-25)15-11-31-32(13-15)16-2-4-17(33)5-3-16/h6-8,10-13,16-17,19,33H,2-5,9H2,1H3,(H,29,30)/t16?,17?,19-/m1/s1. The molecule has 0 radical (unpaired) electrons. The van der Waals surface area contributed by atoms with Gasteiger partial charge >= 0.3 is 0 Å². The number of halogens is 3. The molecular formula is C25H25ClF2N4O2. The van der Waals surface area contributed by atoms with E-state index in [0.717, 1.165) is 42.2 Å². The summed E-state index contributed by atoms with van der Waals surface area (Å²) in [4.78, 5) is 7.60. The summed E-state index contributed by atoms with van der Waals surface area (Å²) >= 11 is 6.26. The molecule has 178 valence electrons. The predicted octanol–water partition coefficient (Wildman–Crippen LogP) is 5.80. The van der Waals surface area contributed by atoms with Crippen LogP contribution in [0.1, 0.15) is 48.8 Å². The molecule has 6 nitrogen and oxygen atoms in total. The molecule has 0 aliphatic heterocycles. The van der Waals surface area contributed by atoms with Gasteiger partial charge < -0.3 is 14.8 Å². The van der Waals surface area contributed by atoms with Crippen LogP contribution in [0.25, 0.3) is 22.2 Å². The van der Waals surface area contributed by atoms with Crippen molar-refractivity contribution >= 4 is 22.6 Å². The molecule has 0 amide bonds. The molecule has 0 spiro atoms. The molecule has 1 saturated carbocycles. The van der Waals surface area contributed by atoms with E-state index in [1.54, 1.807) is 18.6 Å². The molecule has 9 heteroatoms. The third-order valence-corrected chi connectivity index (χ3v) is 7.11. The molecule has 3 aromatic heterocycles. The van der Waals surface area contributed by atoms with Crippen molar-refractivity contribution in [2.24, 2.45) is 0 Å². The van der Waals surface area contributed by atoms with E-state index in [1.165, 1.54) is 19.2 Å². The van der Waals surface area contributed by atoms with Crippen molar-refractivity contribution in [1.29, 1.82) is 0 Å². The van der Waals surface area contributed by atoms with Crippen LogP contribution in [-0.2, 0) is 0 Å². The number of aromatic amines is 1. The lowest BCUT2D eigenvalue weighted by Crippen LogP contribution is -2.21. The summed E-state index contributed by atoms with van der Waals surface area (Å²) in [5.74, 6) is -1.14. The fraction of sp³-hybridized carbons (Fsp3) is 0.360. The van der Waals surface area contributed by atoms with Crippen molar-refractivity contribution in [3.8, 4) is 16.9 Å². The Balaban J connectivity index is 1.53. The van der Waals surface area contributed by atoms with E-state index in [1.807, 2.05) is 16.9 Å². The number of methoxy groups -OCH3 is 1. The van der Waals surface area contributed by atoms with Crippen LogP contribution >= 0.6 is 11.6 Å². The van der Waals surface area contributed by atoms with Crippen LogP contribution < -0.4 is 4.74 Å². The van der Waals surface area contributed by atoms with Gasteiger partial charge in [0.2, 0.25) is 0 Å². The first-order valence-corrected chi connectivity index (χ1v) is 11.7. The zero-order valence-electron chi connectivity index (χ0n) is 18.6. The summed E-state index contributed by atoms with van der Waals surface area (Å²) in [7, 11) is 1.45. The van der Waals surface area contributed by atoms with E-state index in [9.17, 15) is 13.9 Å². The molecule has 4 aromatic rings. The molecule has 2 N–H and O–H groups in total. The number of benzene rings is 1. The molecule has 34 heavy (non-hydrogen) atoms. The topological polar surface area (TPSA) is 76.0 Å². The van der Waals surface area contributed by atoms with Crippen LogP contribution in [0.5, 0.6) is 5.75 Å². The van der Waals surface area contributed by atoms with Crippen molar-refractivity contribution in [2.75, 3.05) is 13.8 Å². The SMILES string of the molecule is COc1ccc(F)c(Cl)c1[C@H](CF)c1c[nH]c2ncc(-c3cnn(C4CCC(O)CC4)c3)cc12. The third-order valence-electron chi connectivity index (χ3n) is 6.73. The van der Waals surface area contributed by atoms with Gasteiger partial charge in [-0.15, -0.1) is 0 Å². The number of hydrogen-bond acceptors (Lipinski definition) is 4. The van der Waals surface area contributed by atoms with Crippen LogP contribution in [-0.4, -0.2) is 44.7 Å². The fourth-order valence-electron chi connectivity index (χ4n) is 4.85. The first kappa shape index (κ1) is 22.8. The molecule has 5 rings (SSSR count). The predicted molar refractivity (Wildman–Crippen MR) is 127 cm³/mol. The minimum absolute atomic E-state index is 0.153. The molecule has 3 heterocycles. The van der Waals surface area contributed by atoms with Gasteiger partial charge in [0.25, 0.3) is 0 Å². The van der Waals surface area contributed by atoms with E-state index >= 15 is 0 Å². The van der Waals surface area contributed by atoms with Gasteiger partial charge in [-0.05, 0) is 49.4 Å². The maximum Gasteiger partial charge on any atom is 0.142 e. The average Bonchev–Trinajstić information content (AvgIpc) is 3.50. The van der Waals surface area contributed by atoms with Gasteiger partial charge in [-0.25, -0.2) is 9.37 Å². The quantitative estimate of drug-likeness (QED) is 0.361. The molecule has 1 atom stereocenters. The number of aliphatic hydroxyl groups is 1. The van der Waals surface area contributed by atoms with Crippen LogP contribution in [0.4, 0.5) is 8.78 Å². The number of nitrogens with one attached hydrogen (secondary N) is 1. The number of hydrogen-bond donors (Lipinski definition) is 2. The molecule has 0 saturated heterocycles. The molecule has 1 aliphatic carbocycles. The lowest BCUT2D eigenvalue weighted by Gasteiger charge is -2.25. The van der Waals surface area contributed by atoms with Crippen LogP contribution in [0, 0.1) is 5.82 Å². The second-order valence-corrected chi connectivity index (χ2v) is 9.10. The Morgan fingerprint density at radius 2 is 2.03 bits per heavy atom. The minimum atomic E-state index is -0.833. The first-order valence-electron chi connectivity index (χ1n) is 11.3. The lowest BCUT2D eigenvalue weighted by atomic mass is 9.91. The highest BCUT2D eigenvalue weighted by atomic mass is 35.5. The van der Waals surface area contributed by atoms with Gasteiger partial charge in [-0.3, -0.25) is 9.07 Å². The number of aromatic nitrogens is 4. The first-order chi connectivity index (χ1) is 16.5. The van der Waals surface area contributed by atoms with Crippen molar-refractivity contribution in [3.63, 3.8) is 0 Å². The van der Waals surface area contributed by atoms with Crippen LogP contribution in [0.3, 0.4) is 0 Å². The third kappa shape index (κ3) is 4.05. The van der Waals surface area contributed by atoms with E-state index in [-0.39, 0.29) is 22.7 Å². The highest BCUT2D eigenvalue weighted by Crippen LogP contribution is 2.41. The van der Waals surface area contributed by atoms with Crippen molar-refractivity contribution in [1.82, 2.24) is 19.7 Å². The number of H-pyrrole nitrogens is 1. The Kier molecular flexibility index (Phi) is 6.27. The molecule has 0 unspecified atom stereocenters. The summed E-state index contributed by atoms with van der Waals surface area (Å²) in [6.07, 6.45) is 10.3. The number of nitrogens with zero attached hydrogens (tertiary/aromatic N) is 3. The van der Waals surface area contributed by atoms with Gasteiger partial charge in [0.15, 0.2) is 0 Å². The van der Waals surface area contributed by atoms with E-state index < -0.39 is 18.4 Å². The van der Waals surface area contributed by atoms with E-state index in [2.05, 4.69) is 15.1 Å². The second-order valence-electron chi connectivity index (χ2n) is 8.72. The van der Waals surface area contributed by atoms with Crippen molar-refractivity contribution < 1.29 is 18.6 Å². The molecule has 1 aromatic carbocycles.